The molecule has 0 spiro atoms. The molecular weight excluding hydrogens is 440 g/mol. The molecule has 9 heteroatoms. The number of fused-ring (bicyclic) bond motifs is 1. The average Bonchev–Trinajstić information content (AvgIpc) is 3.20. The first-order chi connectivity index (χ1) is 13.6. The van der Waals surface area contributed by atoms with Crippen LogP contribution in [0.25, 0.3) is 0 Å². The minimum absolute atomic E-state index is 0.0926. The lowest BCUT2D eigenvalue weighted by Crippen LogP contribution is -2.39. The molecule has 156 valence electrons. The molecular formula is C20H20Cl2FNO4S. The molecule has 0 amide bonds. The summed E-state index contributed by atoms with van der Waals surface area (Å²) in [6.07, 6.45) is 1.20. The molecule has 2 aromatic rings. The molecule has 1 aliphatic heterocycles. The highest BCUT2D eigenvalue weighted by Gasteiger charge is 2.42. The lowest BCUT2D eigenvalue weighted by molar-refractivity contribution is 0.0818. The van der Waals surface area contributed by atoms with E-state index >= 15 is 0 Å². The van der Waals surface area contributed by atoms with Crippen LogP contribution in [-0.4, -0.2) is 49.9 Å². The largest absolute Gasteiger partial charge is 0.482 e. The number of hydrogen-bond acceptors (Lipinski definition) is 5. The van der Waals surface area contributed by atoms with Crippen LogP contribution in [-0.2, 0) is 16.3 Å². The molecule has 29 heavy (non-hydrogen) atoms. The molecule has 0 saturated carbocycles. The van der Waals surface area contributed by atoms with E-state index in [0.717, 1.165) is 6.26 Å². The number of rotatable bonds is 4. The van der Waals surface area contributed by atoms with Crippen molar-refractivity contribution in [3.8, 4) is 5.75 Å². The van der Waals surface area contributed by atoms with E-state index in [4.69, 9.17) is 27.9 Å². The maximum absolute atomic E-state index is 14.6. The van der Waals surface area contributed by atoms with Gasteiger partial charge in [-0.15, -0.1) is 0 Å². The molecule has 0 radical (unpaired) electrons. The molecule has 2 aromatic carbocycles. The third kappa shape index (κ3) is 4.11. The van der Waals surface area contributed by atoms with E-state index in [-0.39, 0.29) is 26.8 Å². The highest BCUT2D eigenvalue weighted by Crippen LogP contribution is 2.43. The minimum Gasteiger partial charge on any atom is -0.482 e. The van der Waals surface area contributed by atoms with Gasteiger partial charge < -0.3 is 9.84 Å². The zero-order chi connectivity index (χ0) is 20.9. The van der Waals surface area contributed by atoms with Gasteiger partial charge in [0.05, 0.1) is 22.1 Å². The average molecular weight is 460 g/mol. The van der Waals surface area contributed by atoms with Gasteiger partial charge in [-0.1, -0.05) is 23.2 Å². The number of nitrogens with zero attached hydrogens (tertiary/aromatic N) is 1. The van der Waals surface area contributed by atoms with Crippen molar-refractivity contribution in [2.75, 3.05) is 19.3 Å². The third-order valence-corrected chi connectivity index (χ3v) is 7.14. The van der Waals surface area contributed by atoms with E-state index < -0.39 is 22.0 Å². The van der Waals surface area contributed by atoms with Crippen molar-refractivity contribution in [1.82, 2.24) is 4.90 Å². The maximum Gasteiger partial charge on any atom is 0.175 e. The Balaban J connectivity index is 1.71. The monoisotopic (exact) mass is 459 g/mol. The van der Waals surface area contributed by atoms with Gasteiger partial charge in [0, 0.05) is 29.9 Å². The SMILES string of the molecule is CS(=O)(=O)c1ccc(O[C@H]2c3cc(Cl)cc(F)c3C[C@@H]2N2CC[C@@H](O)C2)c(Cl)c1. The predicted molar refractivity (Wildman–Crippen MR) is 109 cm³/mol. The van der Waals surface area contributed by atoms with E-state index in [0.29, 0.717) is 42.8 Å². The van der Waals surface area contributed by atoms with Gasteiger partial charge in [-0.25, -0.2) is 12.8 Å². The normalized spacial score (nSPS) is 24.7. The van der Waals surface area contributed by atoms with Gasteiger partial charge in [-0.05, 0) is 48.7 Å². The number of halogens is 3. The van der Waals surface area contributed by atoms with E-state index in [1.807, 2.05) is 0 Å². The van der Waals surface area contributed by atoms with Crippen molar-refractivity contribution in [3.05, 3.63) is 57.3 Å². The summed E-state index contributed by atoms with van der Waals surface area (Å²) in [4.78, 5) is 2.18. The summed E-state index contributed by atoms with van der Waals surface area (Å²) in [6.45, 7) is 1.16. The highest BCUT2D eigenvalue weighted by atomic mass is 35.5. The highest BCUT2D eigenvalue weighted by molar-refractivity contribution is 7.90. The van der Waals surface area contributed by atoms with E-state index in [1.54, 1.807) is 6.07 Å². The standard InChI is InChI=1S/C20H20Cl2FNO4S/c1-29(26,27)13-2-3-19(16(22)8-13)28-20-15-6-11(21)7-17(23)14(15)9-18(20)24-5-4-12(25)10-24/h2-3,6-8,12,18,20,25H,4-5,9-10H2,1H3/t12-,18+,20+/m1/s1. The van der Waals surface area contributed by atoms with E-state index in [9.17, 15) is 17.9 Å². The van der Waals surface area contributed by atoms with Crippen molar-refractivity contribution in [1.29, 1.82) is 0 Å². The molecule has 1 N–H and O–H groups in total. The summed E-state index contributed by atoms with van der Waals surface area (Å²) in [5.74, 6) is -0.0797. The molecule has 2 aliphatic rings. The summed E-state index contributed by atoms with van der Waals surface area (Å²) in [7, 11) is -3.40. The first-order valence-electron chi connectivity index (χ1n) is 9.19. The van der Waals surface area contributed by atoms with E-state index in [1.165, 1.54) is 24.3 Å². The second-order valence-corrected chi connectivity index (χ2v) is 10.4. The Bertz CT molecular complexity index is 1060. The van der Waals surface area contributed by atoms with Crippen LogP contribution in [0.3, 0.4) is 0 Å². The Morgan fingerprint density at radius 2 is 2.00 bits per heavy atom. The number of sulfone groups is 1. The topological polar surface area (TPSA) is 66.8 Å². The Morgan fingerprint density at radius 3 is 2.62 bits per heavy atom. The molecule has 0 unspecified atom stereocenters. The summed E-state index contributed by atoms with van der Waals surface area (Å²) in [5.41, 5.74) is 1.18. The number of aliphatic hydroxyl groups excluding tert-OH is 1. The number of aliphatic hydroxyl groups is 1. The second kappa shape index (κ2) is 7.71. The molecule has 3 atom stereocenters. The van der Waals surface area contributed by atoms with Crippen molar-refractivity contribution >= 4 is 33.0 Å². The molecule has 1 aliphatic carbocycles. The van der Waals surface area contributed by atoms with Crippen LogP contribution in [0.5, 0.6) is 5.75 Å². The van der Waals surface area contributed by atoms with Crippen LogP contribution in [0.1, 0.15) is 23.7 Å². The first-order valence-corrected chi connectivity index (χ1v) is 11.8. The first kappa shape index (κ1) is 20.9. The van der Waals surface area contributed by atoms with E-state index in [2.05, 4.69) is 4.90 Å². The predicted octanol–water partition coefficient (Wildman–Crippen LogP) is 3.65. The molecule has 0 bridgehead atoms. The Morgan fingerprint density at radius 1 is 1.24 bits per heavy atom. The second-order valence-electron chi connectivity index (χ2n) is 7.57. The summed E-state index contributed by atoms with van der Waals surface area (Å²) in [6, 6.07) is 7.06. The van der Waals surface area contributed by atoms with Gasteiger partial charge in [0.15, 0.2) is 9.84 Å². The third-order valence-electron chi connectivity index (χ3n) is 5.51. The zero-order valence-electron chi connectivity index (χ0n) is 15.6. The quantitative estimate of drug-likeness (QED) is 0.755. The van der Waals surface area contributed by atoms with Crippen molar-refractivity contribution < 1.29 is 22.7 Å². The van der Waals surface area contributed by atoms with Crippen molar-refractivity contribution in [2.45, 2.75) is 36.0 Å². The van der Waals surface area contributed by atoms with Gasteiger partial charge in [-0.2, -0.15) is 0 Å². The smallest absolute Gasteiger partial charge is 0.175 e. The molecule has 0 aromatic heterocycles. The summed E-state index contributed by atoms with van der Waals surface area (Å²) in [5, 5.41) is 10.4. The minimum atomic E-state index is -3.40. The Labute approximate surface area is 178 Å². The number of β-amino-alcohol motifs (C(OH)–C–C–N with tert-alkyl or cyclic N) is 1. The number of likely N-dealkylation sites (tertiary alicyclic amines) is 1. The van der Waals surface area contributed by atoms with Crippen LogP contribution in [0.15, 0.2) is 35.2 Å². The van der Waals surface area contributed by atoms with Crippen molar-refractivity contribution in [3.63, 3.8) is 0 Å². The van der Waals surface area contributed by atoms with Crippen LogP contribution in [0.4, 0.5) is 4.39 Å². The van der Waals surface area contributed by atoms with Gasteiger partial charge >= 0.3 is 0 Å². The molecule has 1 fully saturated rings. The van der Waals surface area contributed by atoms with Gasteiger partial charge in [-0.3, -0.25) is 4.90 Å². The summed E-state index contributed by atoms with van der Waals surface area (Å²) < 4.78 is 44.3. The number of hydrogen-bond donors (Lipinski definition) is 1. The van der Waals surface area contributed by atoms with Crippen LogP contribution < -0.4 is 4.74 Å². The lowest BCUT2D eigenvalue weighted by atomic mass is 10.1. The Kier molecular flexibility index (Phi) is 5.55. The number of ether oxygens (including phenoxy) is 1. The van der Waals surface area contributed by atoms with Crippen LogP contribution in [0, 0.1) is 5.82 Å². The van der Waals surface area contributed by atoms with Gasteiger partial charge in [0.2, 0.25) is 0 Å². The lowest BCUT2D eigenvalue weighted by Gasteiger charge is -2.30. The molecule has 5 nitrogen and oxygen atoms in total. The van der Waals surface area contributed by atoms with Gasteiger partial charge in [0.1, 0.15) is 17.7 Å². The van der Waals surface area contributed by atoms with Crippen molar-refractivity contribution in [2.24, 2.45) is 0 Å². The van der Waals surface area contributed by atoms with Gasteiger partial charge in [0.25, 0.3) is 0 Å². The molecule has 1 heterocycles. The van der Waals surface area contributed by atoms with Crippen LogP contribution >= 0.6 is 23.2 Å². The molecule has 1 saturated heterocycles. The summed E-state index contributed by atoms with van der Waals surface area (Å²) >= 11 is 12.4. The molecule has 4 rings (SSSR count). The van der Waals surface area contributed by atoms with Crippen LogP contribution in [0.2, 0.25) is 10.0 Å². The zero-order valence-corrected chi connectivity index (χ0v) is 17.9. The fourth-order valence-corrected chi connectivity index (χ4v) is 5.24. The maximum atomic E-state index is 14.6. The number of benzene rings is 2. The fourth-order valence-electron chi connectivity index (χ4n) is 4.09. The Hall–Kier alpha value is -1.38. The fraction of sp³-hybridized carbons (Fsp3) is 0.400.